The standard InChI is InChI=1S/C12H24N2OSSi2/c1-10-8-11(2)14-12(13-10)16-9-18(6,7)15-17(3,4)5/h8H,9H2,1-7H3. The molecule has 0 bridgehead atoms. The molecule has 0 radical (unpaired) electrons. The van der Waals surface area contributed by atoms with E-state index in [1.807, 2.05) is 19.9 Å². The van der Waals surface area contributed by atoms with Gasteiger partial charge in [-0.05, 0) is 52.6 Å². The van der Waals surface area contributed by atoms with Crippen LogP contribution in [-0.2, 0) is 4.12 Å². The van der Waals surface area contributed by atoms with Crippen LogP contribution in [0.25, 0.3) is 0 Å². The van der Waals surface area contributed by atoms with Crippen molar-refractivity contribution in [2.45, 2.75) is 51.7 Å². The molecule has 1 rings (SSSR count). The van der Waals surface area contributed by atoms with Crippen LogP contribution in [0.5, 0.6) is 0 Å². The van der Waals surface area contributed by atoms with Crippen LogP contribution in [0.4, 0.5) is 0 Å². The molecule has 6 heteroatoms. The third kappa shape index (κ3) is 6.13. The first kappa shape index (κ1) is 15.9. The number of hydrogen-bond donors (Lipinski definition) is 0. The second-order valence-corrected chi connectivity index (χ2v) is 16.6. The third-order valence-corrected chi connectivity index (χ3v) is 10.6. The highest BCUT2D eigenvalue weighted by Crippen LogP contribution is 2.22. The van der Waals surface area contributed by atoms with Crippen molar-refractivity contribution in [1.29, 1.82) is 0 Å². The van der Waals surface area contributed by atoms with Gasteiger partial charge in [-0.1, -0.05) is 11.8 Å². The van der Waals surface area contributed by atoms with Crippen molar-refractivity contribution >= 4 is 28.4 Å². The van der Waals surface area contributed by atoms with Gasteiger partial charge in [0.1, 0.15) is 0 Å². The Kier molecular flexibility index (Phi) is 5.17. The fourth-order valence-corrected chi connectivity index (χ4v) is 11.6. The van der Waals surface area contributed by atoms with Gasteiger partial charge in [0.2, 0.25) is 0 Å². The summed E-state index contributed by atoms with van der Waals surface area (Å²) in [5.41, 5.74) is 2.08. The Morgan fingerprint density at radius 2 is 1.56 bits per heavy atom. The van der Waals surface area contributed by atoms with Gasteiger partial charge in [-0.25, -0.2) is 9.97 Å². The molecule has 0 amide bonds. The molecule has 0 aliphatic carbocycles. The molecule has 0 aromatic carbocycles. The number of aromatic nitrogens is 2. The minimum Gasteiger partial charge on any atom is -0.455 e. The van der Waals surface area contributed by atoms with Crippen molar-refractivity contribution in [3.8, 4) is 0 Å². The summed E-state index contributed by atoms with van der Waals surface area (Å²) in [4.78, 5) is 8.93. The van der Waals surface area contributed by atoms with Gasteiger partial charge in [0.25, 0.3) is 0 Å². The molecule has 1 aromatic rings. The first-order chi connectivity index (χ1) is 8.07. The lowest BCUT2D eigenvalue weighted by Crippen LogP contribution is -2.44. The van der Waals surface area contributed by atoms with E-state index in [2.05, 4.69) is 42.7 Å². The van der Waals surface area contributed by atoms with Crippen molar-refractivity contribution in [3.05, 3.63) is 17.5 Å². The van der Waals surface area contributed by atoms with Gasteiger partial charge >= 0.3 is 0 Å². The molecule has 0 saturated carbocycles. The summed E-state index contributed by atoms with van der Waals surface area (Å²) < 4.78 is 6.31. The summed E-state index contributed by atoms with van der Waals surface area (Å²) in [6, 6.07) is 2.01. The predicted molar refractivity (Wildman–Crippen MR) is 84.1 cm³/mol. The largest absolute Gasteiger partial charge is 0.455 e. The maximum Gasteiger partial charge on any atom is 0.187 e. The molecule has 0 fully saturated rings. The molecule has 1 aromatic heterocycles. The van der Waals surface area contributed by atoms with E-state index >= 15 is 0 Å². The number of aryl methyl sites for hydroxylation is 2. The van der Waals surface area contributed by atoms with E-state index in [-0.39, 0.29) is 0 Å². The van der Waals surface area contributed by atoms with Crippen LogP contribution in [0, 0.1) is 13.8 Å². The third-order valence-electron chi connectivity index (χ3n) is 2.09. The van der Waals surface area contributed by atoms with Crippen LogP contribution in [0.1, 0.15) is 11.4 Å². The second kappa shape index (κ2) is 5.85. The van der Waals surface area contributed by atoms with Gasteiger partial charge in [-0.3, -0.25) is 0 Å². The zero-order valence-electron chi connectivity index (χ0n) is 12.5. The van der Waals surface area contributed by atoms with Gasteiger partial charge in [-0.15, -0.1) is 0 Å². The van der Waals surface area contributed by atoms with Gasteiger partial charge in [0, 0.05) is 16.8 Å². The van der Waals surface area contributed by atoms with E-state index in [9.17, 15) is 0 Å². The van der Waals surface area contributed by atoms with Crippen LogP contribution in [0.3, 0.4) is 0 Å². The lowest BCUT2D eigenvalue weighted by Gasteiger charge is -2.30. The van der Waals surface area contributed by atoms with Gasteiger partial charge in [-0.2, -0.15) is 0 Å². The highest BCUT2D eigenvalue weighted by atomic mass is 32.2. The number of thioether (sulfide) groups is 1. The lowest BCUT2D eigenvalue weighted by molar-refractivity contribution is 0.558. The van der Waals surface area contributed by atoms with Crippen molar-refractivity contribution in [2.24, 2.45) is 0 Å². The molecular weight excluding hydrogens is 276 g/mol. The van der Waals surface area contributed by atoms with Crippen molar-refractivity contribution in [2.75, 3.05) is 5.38 Å². The molecule has 0 spiro atoms. The zero-order chi connectivity index (χ0) is 14.0. The molecule has 0 N–H and O–H groups in total. The van der Waals surface area contributed by atoms with E-state index in [1.54, 1.807) is 11.8 Å². The Morgan fingerprint density at radius 1 is 1.06 bits per heavy atom. The van der Waals surface area contributed by atoms with E-state index in [4.69, 9.17) is 4.12 Å². The molecular formula is C12H24N2OSSi2. The maximum absolute atomic E-state index is 6.31. The normalized spacial score (nSPS) is 12.8. The Hall–Kier alpha value is -0.176. The van der Waals surface area contributed by atoms with Crippen LogP contribution >= 0.6 is 11.8 Å². The molecule has 3 nitrogen and oxygen atoms in total. The molecule has 102 valence electrons. The monoisotopic (exact) mass is 300 g/mol. The van der Waals surface area contributed by atoms with E-state index in [0.29, 0.717) is 0 Å². The molecule has 0 saturated heterocycles. The molecule has 0 unspecified atom stereocenters. The van der Waals surface area contributed by atoms with Crippen LogP contribution in [0.15, 0.2) is 11.2 Å². The Bertz CT molecular complexity index is 399. The Balaban J connectivity index is 2.64. The molecule has 0 aliphatic rings. The van der Waals surface area contributed by atoms with E-state index in [1.165, 1.54) is 0 Å². The average Bonchev–Trinajstić information content (AvgIpc) is 2.09. The summed E-state index contributed by atoms with van der Waals surface area (Å²) in [5, 5.41) is 1.90. The minimum absolute atomic E-state index is 0.882. The van der Waals surface area contributed by atoms with Crippen LogP contribution in [-0.4, -0.2) is 32.0 Å². The molecule has 0 atom stereocenters. The summed E-state index contributed by atoms with van der Waals surface area (Å²) in [6.07, 6.45) is 0. The zero-order valence-corrected chi connectivity index (χ0v) is 15.3. The van der Waals surface area contributed by atoms with E-state index in [0.717, 1.165) is 21.9 Å². The van der Waals surface area contributed by atoms with Crippen molar-refractivity contribution in [3.63, 3.8) is 0 Å². The summed E-state index contributed by atoms with van der Waals surface area (Å²) >= 11 is 1.73. The summed E-state index contributed by atoms with van der Waals surface area (Å²) in [5.74, 6) is 0. The maximum atomic E-state index is 6.31. The van der Waals surface area contributed by atoms with Gasteiger partial charge in [0.15, 0.2) is 21.8 Å². The topological polar surface area (TPSA) is 35.0 Å². The van der Waals surface area contributed by atoms with Crippen LogP contribution in [0.2, 0.25) is 32.7 Å². The number of rotatable bonds is 5. The first-order valence-corrected chi connectivity index (χ1v) is 13.7. The smallest absolute Gasteiger partial charge is 0.187 e. The fraction of sp³-hybridized carbons (Fsp3) is 0.667. The van der Waals surface area contributed by atoms with Gasteiger partial charge < -0.3 is 4.12 Å². The lowest BCUT2D eigenvalue weighted by atomic mass is 10.4. The van der Waals surface area contributed by atoms with Crippen molar-refractivity contribution < 1.29 is 4.12 Å². The summed E-state index contributed by atoms with van der Waals surface area (Å²) in [6.45, 7) is 15.3. The quantitative estimate of drug-likeness (QED) is 0.471. The van der Waals surface area contributed by atoms with Crippen LogP contribution < -0.4 is 0 Å². The molecule has 1 heterocycles. The summed E-state index contributed by atoms with van der Waals surface area (Å²) in [7, 11) is -3.06. The Morgan fingerprint density at radius 3 is 2.00 bits per heavy atom. The van der Waals surface area contributed by atoms with Gasteiger partial charge in [0.05, 0.1) is 0 Å². The van der Waals surface area contributed by atoms with Crippen molar-refractivity contribution in [1.82, 2.24) is 9.97 Å². The highest BCUT2D eigenvalue weighted by molar-refractivity contribution is 8.00. The molecule has 18 heavy (non-hydrogen) atoms. The number of nitrogens with zero attached hydrogens (tertiary/aromatic N) is 2. The minimum atomic E-state index is -1.61. The number of hydrogen-bond acceptors (Lipinski definition) is 4. The predicted octanol–water partition coefficient (Wildman–Crippen LogP) is 3.78. The SMILES string of the molecule is Cc1cc(C)nc(SC[Si](C)(C)O[Si](C)(C)C)n1. The second-order valence-electron chi connectivity index (χ2n) is 6.20. The van der Waals surface area contributed by atoms with E-state index < -0.39 is 16.6 Å². The first-order valence-electron chi connectivity index (χ1n) is 6.23. The average molecular weight is 301 g/mol. The highest BCUT2D eigenvalue weighted by Gasteiger charge is 2.30. The Labute approximate surface area is 117 Å². The molecule has 0 aliphatic heterocycles. The fourth-order valence-electron chi connectivity index (χ4n) is 1.85.